The molecule has 180 valence electrons. The van der Waals surface area contributed by atoms with Gasteiger partial charge in [0.15, 0.2) is 0 Å². The lowest BCUT2D eigenvalue weighted by Gasteiger charge is -2.19. The van der Waals surface area contributed by atoms with Crippen molar-refractivity contribution >= 4 is 35.2 Å². The molecule has 35 heavy (non-hydrogen) atoms. The van der Waals surface area contributed by atoms with Crippen LogP contribution in [-0.2, 0) is 14.3 Å². The van der Waals surface area contributed by atoms with Crippen molar-refractivity contribution in [3.8, 4) is 11.4 Å². The van der Waals surface area contributed by atoms with E-state index in [4.69, 9.17) is 21.1 Å². The van der Waals surface area contributed by atoms with Crippen LogP contribution >= 0.6 is 11.6 Å². The zero-order valence-corrected chi connectivity index (χ0v) is 21.4. The zero-order chi connectivity index (χ0) is 25.4. The lowest BCUT2D eigenvalue weighted by atomic mass is 10.0. The number of hydrogen-bond acceptors (Lipinski definition) is 4. The summed E-state index contributed by atoms with van der Waals surface area (Å²) in [7, 11) is 2.83. The van der Waals surface area contributed by atoms with Crippen LogP contribution in [0.25, 0.3) is 11.8 Å². The third-order valence-electron chi connectivity index (χ3n) is 6.31. The van der Waals surface area contributed by atoms with Crippen molar-refractivity contribution in [3.05, 3.63) is 92.9 Å². The predicted molar refractivity (Wildman–Crippen MR) is 138 cm³/mol. The predicted octanol–water partition coefficient (Wildman–Crippen LogP) is 5.94. The highest BCUT2D eigenvalue weighted by molar-refractivity contribution is 6.32. The quantitative estimate of drug-likeness (QED) is 0.328. The van der Waals surface area contributed by atoms with E-state index in [2.05, 4.69) is 23.6 Å². The van der Waals surface area contributed by atoms with Crippen LogP contribution in [0.15, 0.2) is 65.4 Å². The summed E-state index contributed by atoms with van der Waals surface area (Å²) in [4.78, 5) is 27.9. The standard InChI is InChI=1S/C28H27ClN2O4/c1-16-9-7-8-10-24(16)30-17(2)13-20(18(30)3)14-22-26(28(33)35-6)19(4)31(27(22)32)21-11-12-25(34-5)23(29)15-21/h7-15H,1-6H3/b22-14-. The Labute approximate surface area is 210 Å². The number of anilines is 1. The van der Waals surface area contributed by atoms with E-state index in [1.165, 1.54) is 19.1 Å². The molecule has 0 unspecified atom stereocenters. The van der Waals surface area contributed by atoms with Crippen molar-refractivity contribution in [3.63, 3.8) is 0 Å². The molecular formula is C28H27ClN2O4. The minimum absolute atomic E-state index is 0.227. The molecule has 1 aliphatic heterocycles. The fraction of sp³-hybridized carbons (Fsp3) is 0.214. The molecule has 6 nitrogen and oxygen atoms in total. The van der Waals surface area contributed by atoms with Gasteiger partial charge in [0, 0.05) is 22.8 Å². The topological polar surface area (TPSA) is 60.8 Å². The summed E-state index contributed by atoms with van der Waals surface area (Å²) < 4.78 is 12.4. The van der Waals surface area contributed by atoms with Crippen LogP contribution in [-0.4, -0.2) is 30.7 Å². The number of allylic oxidation sites excluding steroid dienone is 1. The number of rotatable bonds is 5. The fourth-order valence-corrected chi connectivity index (χ4v) is 4.81. The molecule has 0 spiro atoms. The van der Waals surface area contributed by atoms with Gasteiger partial charge in [-0.3, -0.25) is 9.69 Å². The first kappa shape index (κ1) is 24.4. The number of benzene rings is 2. The number of hydrogen-bond donors (Lipinski definition) is 0. The second kappa shape index (κ2) is 9.47. The second-order valence-electron chi connectivity index (χ2n) is 8.42. The van der Waals surface area contributed by atoms with Gasteiger partial charge in [0.25, 0.3) is 5.91 Å². The van der Waals surface area contributed by atoms with Gasteiger partial charge in [-0.25, -0.2) is 4.79 Å². The number of aromatic nitrogens is 1. The number of carbonyl (C=O) groups is 2. The molecule has 0 atom stereocenters. The molecule has 0 radical (unpaired) electrons. The Morgan fingerprint density at radius 3 is 2.34 bits per heavy atom. The summed E-state index contributed by atoms with van der Waals surface area (Å²) in [6, 6.07) is 15.2. The third kappa shape index (κ3) is 4.15. The molecular weight excluding hydrogens is 464 g/mol. The maximum atomic E-state index is 13.7. The number of halogens is 1. The van der Waals surface area contributed by atoms with Gasteiger partial charge >= 0.3 is 5.97 Å². The number of aryl methyl sites for hydroxylation is 2. The van der Waals surface area contributed by atoms with Crippen molar-refractivity contribution in [1.29, 1.82) is 0 Å². The molecule has 0 saturated heterocycles. The molecule has 0 N–H and O–H groups in total. The number of methoxy groups -OCH3 is 2. The molecule has 0 saturated carbocycles. The number of carbonyl (C=O) groups excluding carboxylic acids is 2. The van der Waals surface area contributed by atoms with E-state index < -0.39 is 5.97 Å². The highest BCUT2D eigenvalue weighted by Crippen LogP contribution is 2.38. The highest BCUT2D eigenvalue weighted by atomic mass is 35.5. The lowest BCUT2D eigenvalue weighted by Crippen LogP contribution is -2.24. The van der Waals surface area contributed by atoms with Crippen LogP contribution in [0.3, 0.4) is 0 Å². The molecule has 0 fully saturated rings. The van der Waals surface area contributed by atoms with E-state index in [0.29, 0.717) is 22.2 Å². The molecule has 1 aliphatic rings. The smallest absolute Gasteiger partial charge is 0.340 e. The van der Waals surface area contributed by atoms with Gasteiger partial charge in [-0.15, -0.1) is 0 Å². The Bertz CT molecular complexity index is 1410. The number of para-hydroxylation sites is 1. The van der Waals surface area contributed by atoms with Gasteiger partial charge in [0.2, 0.25) is 0 Å². The fourth-order valence-electron chi connectivity index (χ4n) is 4.56. The molecule has 0 aliphatic carbocycles. The molecule has 7 heteroatoms. The van der Waals surface area contributed by atoms with E-state index in [9.17, 15) is 9.59 Å². The molecule has 0 bridgehead atoms. The van der Waals surface area contributed by atoms with E-state index >= 15 is 0 Å². The van der Waals surface area contributed by atoms with Crippen LogP contribution in [0, 0.1) is 20.8 Å². The summed E-state index contributed by atoms with van der Waals surface area (Å²) in [5, 5.41) is 0.365. The van der Waals surface area contributed by atoms with Crippen LogP contribution in [0.1, 0.15) is 29.4 Å². The molecule has 2 aromatic carbocycles. The van der Waals surface area contributed by atoms with Crippen LogP contribution < -0.4 is 9.64 Å². The molecule has 1 amide bonds. The van der Waals surface area contributed by atoms with E-state index in [1.54, 1.807) is 31.2 Å². The monoisotopic (exact) mass is 490 g/mol. The summed E-state index contributed by atoms with van der Waals surface area (Å²) in [5.74, 6) is -0.405. The van der Waals surface area contributed by atoms with Crippen LogP contribution in [0.5, 0.6) is 5.75 Å². The Kier molecular flexibility index (Phi) is 6.59. The van der Waals surface area contributed by atoms with Crippen LogP contribution in [0.2, 0.25) is 5.02 Å². The molecule has 4 rings (SSSR count). The Hall–Kier alpha value is -3.77. The van der Waals surface area contributed by atoms with E-state index in [-0.39, 0.29) is 17.1 Å². The number of amides is 1. The SMILES string of the molecule is COC(=O)C1=C(C)N(c2ccc(OC)c(Cl)c2)C(=O)/C1=C\c1cc(C)n(-c2ccccc2C)c1C. The number of esters is 1. The third-order valence-corrected chi connectivity index (χ3v) is 6.60. The van der Waals surface area contributed by atoms with Crippen molar-refractivity contribution in [2.45, 2.75) is 27.7 Å². The zero-order valence-electron chi connectivity index (χ0n) is 20.6. The molecule has 2 heterocycles. The minimum Gasteiger partial charge on any atom is -0.495 e. The Morgan fingerprint density at radius 2 is 1.71 bits per heavy atom. The highest BCUT2D eigenvalue weighted by Gasteiger charge is 2.38. The maximum Gasteiger partial charge on any atom is 0.340 e. The lowest BCUT2D eigenvalue weighted by molar-refractivity contribution is -0.136. The average molecular weight is 491 g/mol. The van der Waals surface area contributed by atoms with Crippen molar-refractivity contribution in [1.82, 2.24) is 4.57 Å². The maximum absolute atomic E-state index is 13.7. The first-order valence-corrected chi connectivity index (χ1v) is 11.5. The first-order chi connectivity index (χ1) is 16.7. The average Bonchev–Trinajstić information content (AvgIpc) is 3.25. The first-order valence-electron chi connectivity index (χ1n) is 11.1. The Morgan fingerprint density at radius 1 is 1.00 bits per heavy atom. The van der Waals surface area contributed by atoms with Gasteiger partial charge in [-0.1, -0.05) is 29.8 Å². The summed E-state index contributed by atoms with van der Waals surface area (Å²) in [6.07, 6.45) is 1.76. The van der Waals surface area contributed by atoms with Gasteiger partial charge < -0.3 is 14.0 Å². The number of ether oxygens (including phenoxy) is 2. The van der Waals surface area contributed by atoms with Gasteiger partial charge in [0.1, 0.15) is 5.75 Å². The van der Waals surface area contributed by atoms with Crippen molar-refractivity contribution in [2.75, 3.05) is 19.1 Å². The van der Waals surface area contributed by atoms with E-state index in [1.807, 2.05) is 32.0 Å². The van der Waals surface area contributed by atoms with Gasteiger partial charge in [0.05, 0.1) is 36.1 Å². The van der Waals surface area contributed by atoms with Crippen LogP contribution in [0.4, 0.5) is 5.69 Å². The molecule has 1 aromatic heterocycles. The Balaban J connectivity index is 1.86. The second-order valence-corrected chi connectivity index (χ2v) is 8.82. The van der Waals surface area contributed by atoms with E-state index in [0.717, 1.165) is 28.2 Å². The van der Waals surface area contributed by atoms with Crippen molar-refractivity contribution < 1.29 is 19.1 Å². The molecule has 3 aromatic rings. The summed E-state index contributed by atoms with van der Waals surface area (Å²) in [5.41, 5.74) is 6.54. The summed E-state index contributed by atoms with van der Waals surface area (Å²) in [6.45, 7) is 7.80. The van der Waals surface area contributed by atoms with Gasteiger partial charge in [-0.05, 0) is 75.2 Å². The number of nitrogens with zero attached hydrogens (tertiary/aromatic N) is 2. The largest absolute Gasteiger partial charge is 0.495 e. The summed E-state index contributed by atoms with van der Waals surface area (Å²) >= 11 is 6.32. The van der Waals surface area contributed by atoms with Crippen molar-refractivity contribution in [2.24, 2.45) is 0 Å². The minimum atomic E-state index is -0.572. The van der Waals surface area contributed by atoms with Gasteiger partial charge in [-0.2, -0.15) is 0 Å². The normalized spacial score (nSPS) is 14.8.